The van der Waals surface area contributed by atoms with Crippen LogP contribution in [0.2, 0.25) is 0 Å². The molecule has 1 aliphatic heterocycles. The summed E-state index contributed by atoms with van der Waals surface area (Å²) in [6.45, 7) is 6.01. The zero-order valence-corrected chi connectivity index (χ0v) is 10.5. The lowest BCUT2D eigenvalue weighted by atomic mass is 9.93. The van der Waals surface area contributed by atoms with E-state index in [1.165, 1.54) is 4.90 Å². The van der Waals surface area contributed by atoms with E-state index in [-0.39, 0.29) is 11.7 Å². The van der Waals surface area contributed by atoms with Gasteiger partial charge in [0.05, 0.1) is 0 Å². The normalized spacial score (nSPS) is 16.2. The van der Waals surface area contributed by atoms with Crippen LogP contribution in [-0.2, 0) is 0 Å². The minimum Gasteiger partial charge on any atom is -0.315 e. The SMILES string of the molecule is CC(C)Sc1ccc(C(=O)C2CNC2)cc1. The molecule has 0 saturated carbocycles. The molecule has 0 unspecified atom stereocenters. The number of carbonyl (C=O) groups is 1. The number of benzene rings is 1. The molecular formula is C13H17NOS. The first-order valence-corrected chi connectivity index (χ1v) is 6.56. The lowest BCUT2D eigenvalue weighted by molar-refractivity contribution is 0.0878. The number of Topliss-reactive ketones (excluding diaryl/α,β-unsaturated/α-hetero) is 1. The van der Waals surface area contributed by atoms with Crippen molar-refractivity contribution in [1.29, 1.82) is 0 Å². The number of rotatable bonds is 4. The summed E-state index contributed by atoms with van der Waals surface area (Å²) in [5.41, 5.74) is 0.847. The summed E-state index contributed by atoms with van der Waals surface area (Å²) in [6.07, 6.45) is 0. The van der Waals surface area contributed by atoms with Crippen LogP contribution in [-0.4, -0.2) is 24.1 Å². The van der Waals surface area contributed by atoms with E-state index >= 15 is 0 Å². The lowest BCUT2D eigenvalue weighted by Crippen LogP contribution is -2.46. The Kier molecular flexibility index (Phi) is 3.66. The van der Waals surface area contributed by atoms with E-state index in [2.05, 4.69) is 19.2 Å². The van der Waals surface area contributed by atoms with Crippen molar-refractivity contribution >= 4 is 17.5 Å². The molecule has 1 aliphatic rings. The van der Waals surface area contributed by atoms with Crippen LogP contribution < -0.4 is 5.32 Å². The molecule has 0 aliphatic carbocycles. The summed E-state index contributed by atoms with van der Waals surface area (Å²) < 4.78 is 0. The third-order valence-electron chi connectivity index (χ3n) is 2.66. The van der Waals surface area contributed by atoms with Crippen molar-refractivity contribution in [1.82, 2.24) is 5.32 Å². The van der Waals surface area contributed by atoms with Crippen LogP contribution in [0.1, 0.15) is 24.2 Å². The van der Waals surface area contributed by atoms with Crippen molar-refractivity contribution in [3.05, 3.63) is 29.8 Å². The van der Waals surface area contributed by atoms with Gasteiger partial charge in [0, 0.05) is 34.7 Å². The summed E-state index contributed by atoms with van der Waals surface area (Å²) in [4.78, 5) is 13.1. The van der Waals surface area contributed by atoms with Gasteiger partial charge in [-0.15, -0.1) is 11.8 Å². The number of hydrogen-bond donors (Lipinski definition) is 1. The van der Waals surface area contributed by atoms with Gasteiger partial charge in [0.1, 0.15) is 0 Å². The summed E-state index contributed by atoms with van der Waals surface area (Å²) in [5, 5.41) is 3.71. The first kappa shape index (κ1) is 11.7. The molecule has 86 valence electrons. The van der Waals surface area contributed by atoms with Gasteiger partial charge in [-0.25, -0.2) is 0 Å². The lowest BCUT2D eigenvalue weighted by Gasteiger charge is -2.25. The third-order valence-corrected chi connectivity index (χ3v) is 3.68. The molecule has 0 amide bonds. The summed E-state index contributed by atoms with van der Waals surface area (Å²) in [5.74, 6) is 0.475. The number of carbonyl (C=O) groups excluding carboxylic acids is 1. The van der Waals surface area contributed by atoms with Crippen molar-refractivity contribution in [2.24, 2.45) is 5.92 Å². The first-order chi connectivity index (χ1) is 7.66. The predicted octanol–water partition coefficient (Wildman–Crippen LogP) is 2.59. The van der Waals surface area contributed by atoms with E-state index in [4.69, 9.17) is 0 Å². The van der Waals surface area contributed by atoms with E-state index in [9.17, 15) is 4.79 Å². The highest BCUT2D eigenvalue weighted by atomic mass is 32.2. The van der Waals surface area contributed by atoms with E-state index in [0.717, 1.165) is 18.7 Å². The summed E-state index contributed by atoms with van der Waals surface area (Å²) in [6, 6.07) is 7.99. The zero-order valence-electron chi connectivity index (χ0n) is 9.69. The minimum atomic E-state index is 0.198. The molecule has 2 rings (SSSR count). The maximum atomic E-state index is 11.9. The van der Waals surface area contributed by atoms with Crippen LogP contribution in [0.4, 0.5) is 0 Å². The van der Waals surface area contributed by atoms with E-state index in [1.54, 1.807) is 0 Å². The zero-order chi connectivity index (χ0) is 11.5. The highest BCUT2D eigenvalue weighted by Gasteiger charge is 2.25. The molecule has 1 N–H and O–H groups in total. The summed E-state index contributed by atoms with van der Waals surface area (Å²) >= 11 is 1.82. The molecule has 0 bridgehead atoms. The van der Waals surface area contributed by atoms with Crippen LogP contribution in [0, 0.1) is 5.92 Å². The largest absolute Gasteiger partial charge is 0.315 e. The Labute approximate surface area is 101 Å². The molecule has 0 atom stereocenters. The van der Waals surface area contributed by atoms with Gasteiger partial charge < -0.3 is 5.32 Å². The summed E-state index contributed by atoms with van der Waals surface area (Å²) in [7, 11) is 0. The van der Waals surface area contributed by atoms with Gasteiger partial charge in [0.2, 0.25) is 0 Å². The van der Waals surface area contributed by atoms with Crippen LogP contribution in [0.15, 0.2) is 29.2 Å². The molecule has 1 saturated heterocycles. The Morgan fingerprint density at radius 2 is 1.94 bits per heavy atom. The molecule has 2 nitrogen and oxygen atoms in total. The smallest absolute Gasteiger partial charge is 0.168 e. The second kappa shape index (κ2) is 5.02. The Morgan fingerprint density at radius 3 is 2.38 bits per heavy atom. The monoisotopic (exact) mass is 235 g/mol. The van der Waals surface area contributed by atoms with Crippen LogP contribution in [0.25, 0.3) is 0 Å². The Balaban J connectivity index is 2.03. The van der Waals surface area contributed by atoms with Crippen LogP contribution >= 0.6 is 11.8 Å². The molecule has 0 radical (unpaired) electrons. The fourth-order valence-electron chi connectivity index (χ4n) is 1.68. The molecule has 1 aromatic carbocycles. The maximum absolute atomic E-state index is 11.9. The van der Waals surface area contributed by atoms with E-state index in [0.29, 0.717) is 5.25 Å². The Bertz CT molecular complexity index is 368. The van der Waals surface area contributed by atoms with Gasteiger partial charge in [-0.05, 0) is 12.1 Å². The van der Waals surface area contributed by atoms with Crippen LogP contribution in [0.3, 0.4) is 0 Å². The molecule has 0 spiro atoms. The number of ketones is 1. The quantitative estimate of drug-likeness (QED) is 0.642. The third kappa shape index (κ3) is 2.66. The number of nitrogens with one attached hydrogen (secondary N) is 1. The highest BCUT2D eigenvalue weighted by molar-refractivity contribution is 7.99. The molecule has 16 heavy (non-hydrogen) atoms. The molecule has 3 heteroatoms. The molecule has 0 aromatic heterocycles. The van der Waals surface area contributed by atoms with Gasteiger partial charge >= 0.3 is 0 Å². The molecular weight excluding hydrogens is 218 g/mol. The maximum Gasteiger partial charge on any atom is 0.168 e. The van der Waals surface area contributed by atoms with Crippen molar-refractivity contribution < 1.29 is 4.79 Å². The van der Waals surface area contributed by atoms with E-state index in [1.807, 2.05) is 36.0 Å². The average molecular weight is 235 g/mol. The minimum absolute atomic E-state index is 0.198. The van der Waals surface area contributed by atoms with Gasteiger partial charge in [0.15, 0.2) is 5.78 Å². The van der Waals surface area contributed by atoms with Crippen molar-refractivity contribution in [3.63, 3.8) is 0 Å². The average Bonchev–Trinajstić information content (AvgIpc) is 2.15. The van der Waals surface area contributed by atoms with Crippen LogP contribution in [0.5, 0.6) is 0 Å². The predicted molar refractivity (Wildman–Crippen MR) is 68.1 cm³/mol. The second-order valence-electron chi connectivity index (χ2n) is 4.41. The van der Waals surface area contributed by atoms with Crippen molar-refractivity contribution in [2.45, 2.75) is 24.0 Å². The van der Waals surface area contributed by atoms with Crippen molar-refractivity contribution in [2.75, 3.05) is 13.1 Å². The van der Waals surface area contributed by atoms with Gasteiger partial charge in [0.25, 0.3) is 0 Å². The highest BCUT2D eigenvalue weighted by Crippen LogP contribution is 2.23. The Morgan fingerprint density at radius 1 is 1.31 bits per heavy atom. The van der Waals surface area contributed by atoms with E-state index < -0.39 is 0 Å². The standard InChI is InChI=1S/C13H17NOS/c1-9(2)16-12-5-3-10(4-6-12)13(15)11-7-14-8-11/h3-6,9,11,14H,7-8H2,1-2H3. The van der Waals surface area contributed by atoms with Crippen molar-refractivity contribution in [3.8, 4) is 0 Å². The number of thioether (sulfide) groups is 1. The van der Waals surface area contributed by atoms with Gasteiger partial charge in [-0.2, -0.15) is 0 Å². The topological polar surface area (TPSA) is 29.1 Å². The fraction of sp³-hybridized carbons (Fsp3) is 0.462. The first-order valence-electron chi connectivity index (χ1n) is 5.68. The van der Waals surface area contributed by atoms with Gasteiger partial charge in [-0.3, -0.25) is 4.79 Å². The number of hydrogen-bond acceptors (Lipinski definition) is 3. The van der Waals surface area contributed by atoms with Gasteiger partial charge in [-0.1, -0.05) is 26.0 Å². The fourth-order valence-corrected chi connectivity index (χ4v) is 2.52. The molecule has 1 fully saturated rings. The Hall–Kier alpha value is -0.800. The molecule has 1 heterocycles. The molecule has 1 aromatic rings. The second-order valence-corrected chi connectivity index (χ2v) is 6.06.